The van der Waals surface area contributed by atoms with Crippen molar-refractivity contribution in [3.63, 3.8) is 0 Å². The molecule has 0 aromatic heterocycles. The molecule has 1 amide bonds. The van der Waals surface area contributed by atoms with Crippen molar-refractivity contribution in [3.05, 3.63) is 65.7 Å². The smallest absolute Gasteiger partial charge is 0.407 e. The van der Waals surface area contributed by atoms with Crippen molar-refractivity contribution in [2.24, 2.45) is 5.92 Å². The maximum Gasteiger partial charge on any atom is 0.407 e. The highest BCUT2D eigenvalue weighted by Crippen LogP contribution is 2.30. The molecule has 0 heterocycles. The zero-order valence-electron chi connectivity index (χ0n) is 18.7. The van der Waals surface area contributed by atoms with Crippen molar-refractivity contribution in [1.82, 2.24) is 5.32 Å². The average molecular weight is 476 g/mol. The molecule has 1 saturated carbocycles. The fourth-order valence-electron chi connectivity index (χ4n) is 3.76. The Kier molecular flexibility index (Phi) is 8.46. The fourth-order valence-corrected chi connectivity index (χ4v) is 4.87. The van der Waals surface area contributed by atoms with Gasteiger partial charge in [0.05, 0.1) is 23.5 Å². The summed E-state index contributed by atoms with van der Waals surface area (Å²) in [6, 6.07) is 15.1. The number of amides is 1. The highest BCUT2D eigenvalue weighted by atomic mass is 32.2. The quantitative estimate of drug-likeness (QED) is 0.458. The highest BCUT2D eigenvalue weighted by Gasteiger charge is 2.39. The minimum absolute atomic E-state index is 0.0607. The van der Waals surface area contributed by atoms with Gasteiger partial charge in [0.15, 0.2) is 0 Å². The van der Waals surface area contributed by atoms with Gasteiger partial charge < -0.3 is 14.8 Å². The van der Waals surface area contributed by atoms with E-state index in [1.807, 2.05) is 37.3 Å². The van der Waals surface area contributed by atoms with Crippen LogP contribution in [0.3, 0.4) is 0 Å². The predicted molar refractivity (Wildman–Crippen MR) is 121 cm³/mol. The summed E-state index contributed by atoms with van der Waals surface area (Å²) in [7, 11) is -3.98. The number of nitrogens with one attached hydrogen (secondary N) is 1. The largest absolute Gasteiger partial charge is 0.466 e. The van der Waals surface area contributed by atoms with Crippen molar-refractivity contribution in [2.45, 2.75) is 56.8 Å². The molecule has 0 aliphatic heterocycles. The SMILES string of the molecule is CCOC(=O)C1CC(OS(=O)(=O)c2ccc(C)cc2)CCC1NC(=O)OCc1ccccc1. The summed E-state index contributed by atoms with van der Waals surface area (Å²) in [4.78, 5) is 25.0. The summed E-state index contributed by atoms with van der Waals surface area (Å²) in [5.74, 6) is -1.26. The molecule has 2 aromatic carbocycles. The minimum Gasteiger partial charge on any atom is -0.466 e. The first-order valence-corrected chi connectivity index (χ1v) is 12.3. The van der Waals surface area contributed by atoms with E-state index in [2.05, 4.69) is 5.32 Å². The van der Waals surface area contributed by atoms with Gasteiger partial charge in [0.2, 0.25) is 0 Å². The Bertz CT molecular complexity index is 1040. The first kappa shape index (κ1) is 24.7. The van der Waals surface area contributed by atoms with Gasteiger partial charge in [0.1, 0.15) is 6.61 Å². The van der Waals surface area contributed by atoms with Gasteiger partial charge in [-0.1, -0.05) is 48.0 Å². The molecule has 1 aliphatic carbocycles. The number of benzene rings is 2. The molecule has 3 atom stereocenters. The molecule has 33 heavy (non-hydrogen) atoms. The molecule has 0 spiro atoms. The van der Waals surface area contributed by atoms with Gasteiger partial charge in [0.25, 0.3) is 10.1 Å². The van der Waals surface area contributed by atoms with E-state index in [1.54, 1.807) is 19.1 Å². The second-order valence-corrected chi connectivity index (χ2v) is 9.54. The summed E-state index contributed by atoms with van der Waals surface area (Å²) < 4.78 is 41.2. The van der Waals surface area contributed by atoms with E-state index in [0.29, 0.717) is 12.8 Å². The van der Waals surface area contributed by atoms with Crippen LogP contribution in [0.15, 0.2) is 59.5 Å². The lowest BCUT2D eigenvalue weighted by Gasteiger charge is -2.34. The standard InChI is InChI=1S/C24H29NO7S/c1-3-30-23(26)21-15-19(32-33(28,29)20-12-9-17(2)10-13-20)11-14-22(21)25-24(27)31-16-18-7-5-4-6-8-18/h4-10,12-13,19,21-22H,3,11,14-16H2,1-2H3,(H,25,27). The molecular weight excluding hydrogens is 446 g/mol. The molecule has 0 bridgehead atoms. The van der Waals surface area contributed by atoms with Crippen molar-refractivity contribution in [2.75, 3.05) is 6.61 Å². The van der Waals surface area contributed by atoms with E-state index in [0.717, 1.165) is 11.1 Å². The molecule has 8 nitrogen and oxygen atoms in total. The molecule has 0 saturated heterocycles. The lowest BCUT2D eigenvalue weighted by Crippen LogP contribution is -2.49. The van der Waals surface area contributed by atoms with E-state index < -0.39 is 40.2 Å². The van der Waals surface area contributed by atoms with E-state index in [1.165, 1.54) is 12.1 Å². The molecule has 1 N–H and O–H groups in total. The zero-order chi connectivity index (χ0) is 23.8. The van der Waals surface area contributed by atoms with Crippen LogP contribution in [0.1, 0.15) is 37.3 Å². The highest BCUT2D eigenvalue weighted by molar-refractivity contribution is 7.86. The number of ether oxygens (including phenoxy) is 2. The second kappa shape index (κ2) is 11.3. The molecular formula is C24H29NO7S. The molecule has 3 unspecified atom stereocenters. The molecule has 1 fully saturated rings. The van der Waals surface area contributed by atoms with Crippen LogP contribution < -0.4 is 5.32 Å². The monoisotopic (exact) mass is 475 g/mol. The number of carbonyl (C=O) groups excluding carboxylic acids is 2. The van der Waals surface area contributed by atoms with Crippen LogP contribution in [-0.4, -0.2) is 39.2 Å². The zero-order valence-corrected chi connectivity index (χ0v) is 19.5. The molecule has 0 radical (unpaired) electrons. The Morgan fingerprint density at radius 1 is 1.00 bits per heavy atom. The van der Waals surface area contributed by atoms with Crippen LogP contribution in [0, 0.1) is 12.8 Å². The first-order valence-electron chi connectivity index (χ1n) is 10.9. The van der Waals surface area contributed by atoms with Crippen LogP contribution in [0.4, 0.5) is 4.79 Å². The van der Waals surface area contributed by atoms with Crippen LogP contribution in [0.2, 0.25) is 0 Å². The average Bonchev–Trinajstić information content (AvgIpc) is 2.79. The number of aryl methyl sites for hydroxylation is 1. The topological polar surface area (TPSA) is 108 Å². The van der Waals surface area contributed by atoms with E-state index in [4.69, 9.17) is 13.7 Å². The van der Waals surface area contributed by atoms with Gasteiger partial charge in [-0.25, -0.2) is 4.79 Å². The Hall–Kier alpha value is -2.91. The lowest BCUT2D eigenvalue weighted by atomic mass is 9.83. The number of alkyl carbamates (subject to hydrolysis) is 1. The molecule has 9 heteroatoms. The van der Waals surface area contributed by atoms with Crippen molar-refractivity contribution < 1.29 is 31.7 Å². The normalized spacial score (nSPS) is 20.6. The van der Waals surface area contributed by atoms with Crippen molar-refractivity contribution in [3.8, 4) is 0 Å². The lowest BCUT2D eigenvalue weighted by molar-refractivity contribution is -0.151. The Balaban J connectivity index is 1.63. The van der Waals surface area contributed by atoms with Gasteiger partial charge in [-0.2, -0.15) is 8.42 Å². The fraction of sp³-hybridized carbons (Fsp3) is 0.417. The van der Waals surface area contributed by atoms with E-state index in [9.17, 15) is 18.0 Å². The molecule has 3 rings (SSSR count). The Morgan fingerprint density at radius 2 is 1.70 bits per heavy atom. The first-order chi connectivity index (χ1) is 15.8. The van der Waals surface area contributed by atoms with E-state index in [-0.39, 0.29) is 24.5 Å². The van der Waals surface area contributed by atoms with E-state index >= 15 is 0 Å². The van der Waals surface area contributed by atoms with Gasteiger partial charge in [0, 0.05) is 6.04 Å². The summed E-state index contributed by atoms with van der Waals surface area (Å²) in [5, 5.41) is 2.73. The molecule has 178 valence electrons. The second-order valence-electron chi connectivity index (χ2n) is 7.97. The van der Waals surface area contributed by atoms with Gasteiger partial charge in [-0.15, -0.1) is 0 Å². The summed E-state index contributed by atoms with van der Waals surface area (Å²) in [5.41, 5.74) is 1.77. The Morgan fingerprint density at radius 3 is 2.36 bits per heavy atom. The molecule has 2 aromatic rings. The maximum absolute atomic E-state index is 12.7. The van der Waals surface area contributed by atoms with Crippen LogP contribution in [0.25, 0.3) is 0 Å². The third-order valence-electron chi connectivity index (χ3n) is 5.48. The van der Waals surface area contributed by atoms with Crippen molar-refractivity contribution >= 4 is 22.2 Å². The summed E-state index contributed by atoms with van der Waals surface area (Å²) in [6.07, 6.45) is -0.551. The molecule has 1 aliphatic rings. The minimum atomic E-state index is -3.98. The van der Waals surface area contributed by atoms with Crippen LogP contribution >= 0.6 is 0 Å². The summed E-state index contributed by atoms with van der Waals surface area (Å²) >= 11 is 0. The maximum atomic E-state index is 12.7. The van der Waals surface area contributed by atoms with Gasteiger partial charge in [-0.05, 0) is 50.8 Å². The predicted octanol–water partition coefficient (Wildman–Crippen LogP) is 3.73. The van der Waals surface area contributed by atoms with Crippen LogP contribution in [0.5, 0.6) is 0 Å². The third-order valence-corrected chi connectivity index (χ3v) is 6.85. The summed E-state index contributed by atoms with van der Waals surface area (Å²) in [6.45, 7) is 3.82. The van der Waals surface area contributed by atoms with Crippen LogP contribution in [-0.2, 0) is 35.2 Å². The number of hydrogen-bond donors (Lipinski definition) is 1. The third kappa shape index (κ3) is 7.03. The van der Waals surface area contributed by atoms with Gasteiger partial charge in [-0.3, -0.25) is 8.98 Å². The number of hydrogen-bond acceptors (Lipinski definition) is 7. The number of esters is 1. The van der Waals surface area contributed by atoms with Gasteiger partial charge >= 0.3 is 12.1 Å². The van der Waals surface area contributed by atoms with Crippen molar-refractivity contribution in [1.29, 1.82) is 0 Å². The number of carbonyl (C=O) groups is 2. The number of rotatable bonds is 8. The Labute approximate surface area is 194 Å².